The average Bonchev–Trinajstić information content (AvgIpc) is 3.13. The lowest BCUT2D eigenvalue weighted by atomic mass is 9.96. The Balaban J connectivity index is 2.28. The molecule has 1 amide bonds. The molecule has 1 aromatic rings. The van der Waals surface area contributed by atoms with Crippen LogP contribution in [0.2, 0.25) is 0 Å². The van der Waals surface area contributed by atoms with Crippen LogP contribution in [0.15, 0.2) is 20.9 Å². The van der Waals surface area contributed by atoms with Gasteiger partial charge >= 0.3 is 6.09 Å². The highest BCUT2D eigenvalue weighted by atomic mass is 79.9. The third kappa shape index (κ3) is 6.19. The number of hydrogen-bond donors (Lipinski definition) is 1. The molecular weight excluding hydrogens is 462 g/mol. The number of hydrogen-bond acceptors (Lipinski definition) is 6. The van der Waals surface area contributed by atoms with Gasteiger partial charge in [-0.3, -0.25) is 9.89 Å². The molecule has 0 aromatic carbocycles. The van der Waals surface area contributed by atoms with E-state index in [1.165, 1.54) is 0 Å². The number of nitrogens with zero attached hydrogens (tertiary/aromatic N) is 2. The molecule has 0 saturated heterocycles. The van der Waals surface area contributed by atoms with Crippen molar-refractivity contribution >= 4 is 50.6 Å². The van der Waals surface area contributed by atoms with Gasteiger partial charge < -0.3 is 9.29 Å². The van der Waals surface area contributed by atoms with Crippen LogP contribution in [0.25, 0.3) is 0 Å². The summed E-state index contributed by atoms with van der Waals surface area (Å²) in [4.78, 5) is 19.8. The molecule has 0 radical (unpaired) electrons. The quantitative estimate of drug-likeness (QED) is 0.598. The maximum atomic E-state index is 12.9. The van der Waals surface area contributed by atoms with Crippen molar-refractivity contribution in [3.05, 3.63) is 20.8 Å². The Kier molecular flexibility index (Phi) is 7.30. The molecular formula is C19H30BrN3O3S2. The monoisotopic (exact) mass is 491 g/mol. The van der Waals surface area contributed by atoms with Crippen LogP contribution in [-0.2, 0) is 21.6 Å². The van der Waals surface area contributed by atoms with Crippen molar-refractivity contribution in [2.45, 2.75) is 70.8 Å². The molecule has 2 heterocycles. The standard InChI is InChI=1S/C19H30BrN3O3S2/c1-17(2,3)26-16(24)23-9-8-21-15(23)11-19(7,14-10-13(20)12-27-14)22-28(25)18(4,5)6/h10,12,22H,8-9,11H2,1-7H3/t19-,28?/m0/s1. The number of carbonyl (C=O) groups is 1. The van der Waals surface area contributed by atoms with E-state index in [0.717, 1.165) is 9.35 Å². The van der Waals surface area contributed by atoms with Gasteiger partial charge in [0.25, 0.3) is 0 Å². The summed E-state index contributed by atoms with van der Waals surface area (Å²) in [5, 5.41) is 2.00. The molecule has 158 valence electrons. The lowest BCUT2D eigenvalue weighted by Gasteiger charge is -2.35. The number of halogens is 1. The Labute approximate surface area is 183 Å². The van der Waals surface area contributed by atoms with Gasteiger partial charge in [-0.2, -0.15) is 0 Å². The number of amides is 1. The summed E-state index contributed by atoms with van der Waals surface area (Å²) >= 11 is 3.80. The number of aliphatic imine (C=N–C) groups is 1. The first-order chi connectivity index (χ1) is 12.7. The number of nitrogens with one attached hydrogen (secondary N) is 1. The highest BCUT2D eigenvalue weighted by Gasteiger charge is 2.41. The minimum Gasteiger partial charge on any atom is -0.598 e. The Morgan fingerprint density at radius 1 is 1.36 bits per heavy atom. The molecule has 6 nitrogen and oxygen atoms in total. The van der Waals surface area contributed by atoms with Gasteiger partial charge in [-0.1, -0.05) is 0 Å². The van der Waals surface area contributed by atoms with Crippen LogP contribution in [0.1, 0.15) is 59.8 Å². The molecule has 1 unspecified atom stereocenters. The normalized spacial score (nSPS) is 18.6. The Bertz CT molecular complexity index is 740. The summed E-state index contributed by atoms with van der Waals surface area (Å²) < 4.78 is 22.3. The predicted molar refractivity (Wildman–Crippen MR) is 120 cm³/mol. The van der Waals surface area contributed by atoms with Gasteiger partial charge in [0.15, 0.2) is 0 Å². The average molecular weight is 493 g/mol. The molecule has 1 aromatic heterocycles. The fourth-order valence-electron chi connectivity index (χ4n) is 2.61. The van der Waals surface area contributed by atoms with Crippen LogP contribution in [-0.4, -0.2) is 44.8 Å². The fraction of sp³-hybridized carbons (Fsp3) is 0.684. The fourth-order valence-corrected chi connectivity index (χ4v) is 5.12. The second-order valence-electron chi connectivity index (χ2n) is 9.05. The van der Waals surface area contributed by atoms with E-state index < -0.39 is 33.3 Å². The summed E-state index contributed by atoms with van der Waals surface area (Å²) in [6, 6.07) is 2.02. The van der Waals surface area contributed by atoms with Crippen LogP contribution < -0.4 is 4.72 Å². The predicted octanol–water partition coefficient (Wildman–Crippen LogP) is 4.82. The summed E-state index contributed by atoms with van der Waals surface area (Å²) in [6.45, 7) is 14.4. The van der Waals surface area contributed by atoms with Crippen molar-refractivity contribution in [2.75, 3.05) is 13.1 Å². The van der Waals surface area contributed by atoms with E-state index in [2.05, 4.69) is 25.6 Å². The minimum atomic E-state index is -1.28. The van der Waals surface area contributed by atoms with Crippen molar-refractivity contribution in [1.82, 2.24) is 9.62 Å². The van der Waals surface area contributed by atoms with Crippen LogP contribution in [0.5, 0.6) is 0 Å². The zero-order chi connectivity index (χ0) is 21.3. The Hall–Kier alpha value is -0.610. The second-order valence-corrected chi connectivity index (χ2v) is 12.8. The minimum absolute atomic E-state index is 0.393. The third-order valence-corrected chi connectivity index (χ3v) is 7.74. The van der Waals surface area contributed by atoms with E-state index in [9.17, 15) is 9.35 Å². The highest BCUT2D eigenvalue weighted by molar-refractivity contribution is 9.10. The van der Waals surface area contributed by atoms with Gasteiger partial charge in [-0.25, -0.2) is 4.79 Å². The second kappa shape index (κ2) is 8.63. The van der Waals surface area contributed by atoms with E-state index in [4.69, 9.17) is 4.74 Å². The molecule has 0 fully saturated rings. The zero-order valence-electron chi connectivity index (χ0n) is 17.6. The van der Waals surface area contributed by atoms with Crippen molar-refractivity contribution in [3.63, 3.8) is 0 Å². The van der Waals surface area contributed by atoms with E-state index in [0.29, 0.717) is 25.3 Å². The lowest BCUT2D eigenvalue weighted by Crippen LogP contribution is -2.52. The maximum absolute atomic E-state index is 12.9. The molecule has 0 aliphatic carbocycles. The third-order valence-electron chi connectivity index (χ3n) is 4.04. The molecule has 1 aliphatic heterocycles. The first-order valence-electron chi connectivity index (χ1n) is 9.19. The lowest BCUT2D eigenvalue weighted by molar-refractivity contribution is 0.0380. The molecule has 2 rings (SSSR count). The van der Waals surface area contributed by atoms with Crippen LogP contribution in [0.4, 0.5) is 4.79 Å². The smallest absolute Gasteiger partial charge is 0.415 e. The number of rotatable bonds is 5. The molecule has 2 atom stereocenters. The van der Waals surface area contributed by atoms with E-state index in [1.54, 1.807) is 16.2 Å². The van der Waals surface area contributed by atoms with Crippen LogP contribution in [0.3, 0.4) is 0 Å². The van der Waals surface area contributed by atoms with Crippen LogP contribution >= 0.6 is 27.3 Å². The summed E-state index contributed by atoms with van der Waals surface area (Å²) in [7, 11) is 0. The van der Waals surface area contributed by atoms with Gasteiger partial charge in [0.2, 0.25) is 0 Å². The summed E-state index contributed by atoms with van der Waals surface area (Å²) in [5.41, 5.74) is -1.21. The van der Waals surface area contributed by atoms with Gasteiger partial charge in [0.1, 0.15) is 21.7 Å². The van der Waals surface area contributed by atoms with Crippen molar-refractivity contribution in [2.24, 2.45) is 4.99 Å². The first-order valence-corrected chi connectivity index (χ1v) is 12.0. The van der Waals surface area contributed by atoms with E-state index in [1.807, 2.05) is 59.9 Å². The number of ether oxygens (including phenoxy) is 1. The SMILES string of the molecule is CC(C)(C)OC(=O)N1CCN=C1C[C@](C)(N[S+]([O-])C(C)(C)C)c1cc(Br)cs1. The van der Waals surface area contributed by atoms with Gasteiger partial charge in [-0.15, -0.1) is 16.1 Å². The van der Waals surface area contributed by atoms with Crippen molar-refractivity contribution in [3.8, 4) is 0 Å². The van der Waals surface area contributed by atoms with Gasteiger partial charge in [0.05, 0.1) is 13.1 Å². The maximum Gasteiger partial charge on any atom is 0.415 e. The molecule has 9 heteroatoms. The van der Waals surface area contributed by atoms with Crippen LogP contribution in [0, 0.1) is 0 Å². The highest BCUT2D eigenvalue weighted by Crippen LogP contribution is 2.36. The van der Waals surface area contributed by atoms with Gasteiger partial charge in [-0.05, 0) is 70.5 Å². The Morgan fingerprint density at radius 3 is 2.50 bits per heavy atom. The first kappa shape index (κ1) is 23.7. The van der Waals surface area contributed by atoms with Gasteiger partial charge in [0, 0.05) is 32.5 Å². The number of thiophene rings is 1. The zero-order valence-corrected chi connectivity index (χ0v) is 20.8. The number of amidine groups is 1. The molecule has 1 N–H and O–H groups in total. The van der Waals surface area contributed by atoms with Crippen molar-refractivity contribution < 1.29 is 14.1 Å². The van der Waals surface area contributed by atoms with E-state index in [-0.39, 0.29) is 0 Å². The van der Waals surface area contributed by atoms with E-state index >= 15 is 0 Å². The Morgan fingerprint density at radius 2 is 2.00 bits per heavy atom. The molecule has 28 heavy (non-hydrogen) atoms. The molecule has 0 spiro atoms. The molecule has 0 saturated carbocycles. The molecule has 0 bridgehead atoms. The summed E-state index contributed by atoms with van der Waals surface area (Å²) in [5.74, 6) is 0.652. The number of carbonyl (C=O) groups excluding carboxylic acids is 1. The van der Waals surface area contributed by atoms with Crippen molar-refractivity contribution in [1.29, 1.82) is 0 Å². The largest absolute Gasteiger partial charge is 0.598 e. The molecule has 1 aliphatic rings. The summed E-state index contributed by atoms with van der Waals surface area (Å²) in [6.07, 6.45) is 0.0384. The topological polar surface area (TPSA) is 77.0 Å².